The first-order valence-electron chi connectivity index (χ1n) is 7.99. The molecule has 1 amide bonds. The molecular formula is C19H17N3O2S. The van der Waals surface area contributed by atoms with Crippen LogP contribution in [0.15, 0.2) is 54.6 Å². The molecule has 0 aliphatic carbocycles. The third kappa shape index (κ3) is 2.89. The van der Waals surface area contributed by atoms with Crippen LogP contribution in [0.1, 0.15) is 22.1 Å². The van der Waals surface area contributed by atoms with Gasteiger partial charge in [0.2, 0.25) is 5.91 Å². The number of hydrogen-bond donors (Lipinski definition) is 2. The summed E-state index contributed by atoms with van der Waals surface area (Å²) >= 11 is 1.57. The standard InChI is InChI=1S/C19H17N3O2S/c1-12-17-18(13-7-9-15(23)10-8-13)25-11-16(24)20-19(17)22(21-12)14-5-3-2-4-6-14/h2-10,18,23H,11H2,1H3,(H,20,24). The number of nitrogens with zero attached hydrogens (tertiary/aromatic N) is 2. The highest BCUT2D eigenvalue weighted by Gasteiger charge is 2.30. The van der Waals surface area contributed by atoms with Gasteiger partial charge >= 0.3 is 0 Å². The van der Waals surface area contributed by atoms with Crippen LogP contribution in [0.2, 0.25) is 0 Å². The van der Waals surface area contributed by atoms with Gasteiger partial charge in [0.15, 0.2) is 0 Å². The van der Waals surface area contributed by atoms with Gasteiger partial charge in [-0.25, -0.2) is 4.68 Å². The number of hydrogen-bond acceptors (Lipinski definition) is 4. The Morgan fingerprint density at radius 1 is 1.16 bits per heavy atom. The molecule has 1 aromatic heterocycles. The molecule has 2 N–H and O–H groups in total. The molecule has 1 unspecified atom stereocenters. The Balaban J connectivity index is 1.88. The average Bonchev–Trinajstić information content (AvgIpc) is 2.83. The maximum Gasteiger partial charge on any atom is 0.235 e. The van der Waals surface area contributed by atoms with Crippen LogP contribution in [-0.4, -0.2) is 26.5 Å². The molecule has 1 aliphatic heterocycles. The topological polar surface area (TPSA) is 67.1 Å². The summed E-state index contributed by atoms with van der Waals surface area (Å²) in [7, 11) is 0. The molecule has 25 heavy (non-hydrogen) atoms. The molecule has 3 aromatic rings. The quantitative estimate of drug-likeness (QED) is 0.739. The van der Waals surface area contributed by atoms with Crippen molar-refractivity contribution in [3.63, 3.8) is 0 Å². The van der Waals surface area contributed by atoms with Crippen molar-refractivity contribution in [3.05, 3.63) is 71.4 Å². The fraction of sp³-hybridized carbons (Fsp3) is 0.158. The van der Waals surface area contributed by atoms with E-state index in [1.54, 1.807) is 28.6 Å². The van der Waals surface area contributed by atoms with E-state index in [0.29, 0.717) is 5.75 Å². The lowest BCUT2D eigenvalue weighted by atomic mass is 10.0. The van der Waals surface area contributed by atoms with Crippen LogP contribution in [0.25, 0.3) is 5.69 Å². The molecule has 0 radical (unpaired) electrons. The number of para-hydroxylation sites is 1. The Morgan fingerprint density at radius 2 is 1.88 bits per heavy atom. The summed E-state index contributed by atoms with van der Waals surface area (Å²) in [6.45, 7) is 1.96. The number of amides is 1. The largest absolute Gasteiger partial charge is 0.508 e. The van der Waals surface area contributed by atoms with Gasteiger partial charge in [0.05, 0.1) is 22.4 Å². The van der Waals surface area contributed by atoms with Crippen molar-refractivity contribution in [1.29, 1.82) is 0 Å². The van der Waals surface area contributed by atoms with Crippen LogP contribution >= 0.6 is 11.8 Å². The van der Waals surface area contributed by atoms with Crippen LogP contribution in [0.3, 0.4) is 0 Å². The van der Waals surface area contributed by atoms with Gasteiger partial charge in [0.1, 0.15) is 11.6 Å². The lowest BCUT2D eigenvalue weighted by molar-refractivity contribution is -0.113. The predicted molar refractivity (Wildman–Crippen MR) is 99.3 cm³/mol. The minimum atomic E-state index is -0.0374. The van der Waals surface area contributed by atoms with Gasteiger partial charge in [-0.05, 0) is 36.8 Å². The molecule has 0 spiro atoms. The smallest absolute Gasteiger partial charge is 0.235 e. The predicted octanol–water partition coefficient (Wildman–Crippen LogP) is 3.66. The first-order valence-corrected chi connectivity index (χ1v) is 9.03. The van der Waals surface area contributed by atoms with Gasteiger partial charge in [-0.1, -0.05) is 30.3 Å². The van der Waals surface area contributed by atoms with Crippen LogP contribution in [0, 0.1) is 6.92 Å². The first kappa shape index (κ1) is 15.8. The highest BCUT2D eigenvalue weighted by atomic mass is 32.2. The van der Waals surface area contributed by atoms with E-state index >= 15 is 0 Å². The van der Waals surface area contributed by atoms with Gasteiger partial charge in [-0.2, -0.15) is 5.10 Å². The molecule has 0 bridgehead atoms. The number of carbonyl (C=O) groups excluding carboxylic acids is 1. The van der Waals surface area contributed by atoms with E-state index in [4.69, 9.17) is 0 Å². The zero-order valence-electron chi connectivity index (χ0n) is 13.6. The fourth-order valence-electron chi connectivity index (χ4n) is 3.05. The molecule has 126 valence electrons. The highest BCUT2D eigenvalue weighted by Crippen LogP contribution is 2.43. The number of benzene rings is 2. The zero-order valence-corrected chi connectivity index (χ0v) is 14.5. The number of fused-ring (bicyclic) bond motifs is 1. The molecule has 0 fully saturated rings. The number of phenolic OH excluding ortho intramolecular Hbond substituents is 1. The van der Waals surface area contributed by atoms with E-state index in [9.17, 15) is 9.90 Å². The average molecular weight is 351 g/mol. The SMILES string of the molecule is Cc1nn(-c2ccccc2)c2c1C(c1ccc(O)cc1)SCC(=O)N2. The monoisotopic (exact) mass is 351 g/mol. The van der Waals surface area contributed by atoms with Gasteiger partial charge in [-0.15, -0.1) is 11.8 Å². The number of nitrogens with one attached hydrogen (secondary N) is 1. The van der Waals surface area contributed by atoms with Crippen molar-refractivity contribution < 1.29 is 9.90 Å². The summed E-state index contributed by atoms with van der Waals surface area (Å²) in [6, 6.07) is 16.9. The van der Waals surface area contributed by atoms with E-state index in [2.05, 4.69) is 10.4 Å². The van der Waals surface area contributed by atoms with Gasteiger partial charge in [0, 0.05) is 5.56 Å². The third-order valence-corrected chi connectivity index (χ3v) is 5.47. The minimum absolute atomic E-state index is 0.0213. The van der Waals surface area contributed by atoms with Crippen LogP contribution < -0.4 is 5.32 Å². The number of aryl methyl sites for hydroxylation is 1. The van der Waals surface area contributed by atoms with Crippen molar-refractivity contribution in [3.8, 4) is 11.4 Å². The van der Waals surface area contributed by atoms with Crippen molar-refractivity contribution in [2.24, 2.45) is 0 Å². The van der Waals surface area contributed by atoms with Gasteiger partial charge in [-0.3, -0.25) is 4.79 Å². The molecule has 1 aliphatic rings. The normalized spacial score (nSPS) is 16.8. The van der Waals surface area contributed by atoms with Gasteiger partial charge in [0.25, 0.3) is 0 Å². The summed E-state index contributed by atoms with van der Waals surface area (Å²) < 4.78 is 1.79. The van der Waals surface area contributed by atoms with E-state index in [-0.39, 0.29) is 16.9 Å². The second-order valence-electron chi connectivity index (χ2n) is 5.93. The number of aromatic nitrogens is 2. The summed E-state index contributed by atoms with van der Waals surface area (Å²) in [5.74, 6) is 1.28. The van der Waals surface area contributed by atoms with Crippen molar-refractivity contribution in [1.82, 2.24) is 9.78 Å². The fourth-order valence-corrected chi connectivity index (χ4v) is 4.24. The van der Waals surface area contributed by atoms with Crippen molar-refractivity contribution >= 4 is 23.5 Å². The maximum absolute atomic E-state index is 12.3. The number of rotatable bonds is 2. The number of aromatic hydroxyl groups is 1. The Bertz CT molecular complexity index is 920. The molecule has 5 nitrogen and oxygen atoms in total. The second-order valence-corrected chi connectivity index (χ2v) is 7.02. The molecule has 6 heteroatoms. The number of phenols is 1. The maximum atomic E-state index is 12.3. The Labute approximate surface area is 149 Å². The summed E-state index contributed by atoms with van der Waals surface area (Å²) in [4.78, 5) is 12.3. The molecular weight excluding hydrogens is 334 g/mol. The second kappa shape index (κ2) is 6.29. The highest BCUT2D eigenvalue weighted by molar-refractivity contribution is 8.00. The van der Waals surface area contributed by atoms with E-state index in [0.717, 1.165) is 28.3 Å². The summed E-state index contributed by atoms with van der Waals surface area (Å²) in [5, 5.41) is 17.2. The van der Waals surface area contributed by atoms with Crippen LogP contribution in [-0.2, 0) is 4.79 Å². The third-order valence-electron chi connectivity index (χ3n) is 4.20. The Morgan fingerprint density at radius 3 is 2.60 bits per heavy atom. The molecule has 1 atom stereocenters. The van der Waals surface area contributed by atoms with E-state index in [1.165, 1.54) is 0 Å². The first-order chi connectivity index (χ1) is 12.1. The van der Waals surface area contributed by atoms with E-state index in [1.807, 2.05) is 49.4 Å². The number of anilines is 1. The number of thioether (sulfide) groups is 1. The zero-order chi connectivity index (χ0) is 17.4. The summed E-state index contributed by atoms with van der Waals surface area (Å²) in [5.41, 5.74) is 3.83. The molecule has 0 saturated carbocycles. The van der Waals surface area contributed by atoms with Crippen molar-refractivity contribution in [2.45, 2.75) is 12.2 Å². The minimum Gasteiger partial charge on any atom is -0.508 e. The Kier molecular flexibility index (Phi) is 3.97. The van der Waals surface area contributed by atoms with Crippen molar-refractivity contribution in [2.75, 3.05) is 11.1 Å². The number of carbonyl (C=O) groups is 1. The summed E-state index contributed by atoms with van der Waals surface area (Å²) in [6.07, 6.45) is 0. The Hall–Kier alpha value is -2.73. The molecule has 4 rings (SSSR count). The molecule has 2 heterocycles. The lowest BCUT2D eigenvalue weighted by Crippen LogP contribution is -2.15. The molecule has 0 saturated heterocycles. The molecule has 2 aromatic carbocycles. The lowest BCUT2D eigenvalue weighted by Gasteiger charge is -2.15. The van der Waals surface area contributed by atoms with Gasteiger partial charge < -0.3 is 10.4 Å². The van der Waals surface area contributed by atoms with E-state index < -0.39 is 0 Å². The van der Waals surface area contributed by atoms with Crippen LogP contribution in [0.5, 0.6) is 5.75 Å². The van der Waals surface area contributed by atoms with Crippen LogP contribution in [0.4, 0.5) is 5.82 Å².